The van der Waals surface area contributed by atoms with E-state index in [2.05, 4.69) is 5.32 Å². The summed E-state index contributed by atoms with van der Waals surface area (Å²) in [5.74, 6) is 0. The van der Waals surface area contributed by atoms with Crippen LogP contribution in [0.2, 0.25) is 0 Å². The second kappa shape index (κ2) is 10.3. The first-order valence-corrected chi connectivity index (χ1v) is 10.8. The Kier molecular flexibility index (Phi) is 8.47. The standard InChI is InChI=1S/C22H30F6N2O2/c1-5-18-10-17(11-19(6-2)30(18)20(31)32-13(3)4)29-12-14-7-15(21(23,24)25)9-16(8-14)22(26,27)28/h7-9,13,17-19,29H,5-6,10-12H2,1-4H3/t17-,18+,19-. The van der Waals surface area contributed by atoms with Crippen LogP contribution in [-0.4, -0.2) is 35.2 Å². The lowest BCUT2D eigenvalue weighted by molar-refractivity contribution is -0.143. The average molecular weight is 468 g/mol. The number of rotatable bonds is 6. The molecule has 1 aliphatic rings. The molecule has 1 heterocycles. The van der Waals surface area contributed by atoms with Crippen molar-refractivity contribution in [3.05, 3.63) is 34.9 Å². The number of halogens is 6. The van der Waals surface area contributed by atoms with Crippen molar-refractivity contribution in [3.63, 3.8) is 0 Å². The largest absolute Gasteiger partial charge is 0.447 e. The zero-order valence-corrected chi connectivity index (χ0v) is 18.6. The minimum absolute atomic E-state index is 0.0881. The summed E-state index contributed by atoms with van der Waals surface area (Å²) in [5.41, 5.74) is -2.74. The number of benzene rings is 1. The molecule has 1 amide bonds. The van der Waals surface area contributed by atoms with E-state index in [0.717, 1.165) is 12.1 Å². The summed E-state index contributed by atoms with van der Waals surface area (Å²) in [6.45, 7) is 7.24. The van der Waals surface area contributed by atoms with E-state index in [1.807, 2.05) is 13.8 Å². The molecular weight excluding hydrogens is 438 g/mol. The first-order chi connectivity index (χ1) is 14.8. The minimum Gasteiger partial charge on any atom is -0.447 e. The van der Waals surface area contributed by atoms with E-state index in [9.17, 15) is 31.1 Å². The summed E-state index contributed by atoms with van der Waals surface area (Å²) < 4.78 is 83.9. The Morgan fingerprint density at radius 1 is 1.00 bits per heavy atom. The summed E-state index contributed by atoms with van der Waals surface area (Å²) in [6.07, 6.45) is -8.04. The number of nitrogens with one attached hydrogen (secondary N) is 1. The van der Waals surface area contributed by atoms with Gasteiger partial charge in [-0.05, 0) is 63.3 Å². The predicted octanol–water partition coefficient (Wildman–Crippen LogP) is 6.38. The van der Waals surface area contributed by atoms with E-state index in [1.54, 1.807) is 18.7 Å². The van der Waals surface area contributed by atoms with E-state index >= 15 is 0 Å². The van der Waals surface area contributed by atoms with Crippen LogP contribution in [0, 0.1) is 0 Å². The fourth-order valence-corrected chi connectivity index (χ4v) is 4.12. The Bertz CT molecular complexity index is 732. The van der Waals surface area contributed by atoms with E-state index in [-0.39, 0.29) is 42.4 Å². The molecule has 10 heteroatoms. The third-order valence-corrected chi connectivity index (χ3v) is 5.63. The van der Waals surface area contributed by atoms with E-state index in [4.69, 9.17) is 4.74 Å². The Balaban J connectivity index is 2.18. The zero-order valence-electron chi connectivity index (χ0n) is 18.6. The van der Waals surface area contributed by atoms with Crippen LogP contribution in [-0.2, 0) is 23.6 Å². The molecule has 1 aromatic rings. The van der Waals surface area contributed by atoms with Crippen LogP contribution in [0.1, 0.15) is 70.1 Å². The highest BCUT2D eigenvalue weighted by Crippen LogP contribution is 2.36. The maximum Gasteiger partial charge on any atom is 0.416 e. The second-order valence-electron chi connectivity index (χ2n) is 8.43. The lowest BCUT2D eigenvalue weighted by Gasteiger charge is -2.44. The van der Waals surface area contributed by atoms with Crippen molar-refractivity contribution in [1.82, 2.24) is 10.2 Å². The van der Waals surface area contributed by atoms with Gasteiger partial charge in [0.1, 0.15) is 0 Å². The summed E-state index contributed by atoms with van der Waals surface area (Å²) in [4.78, 5) is 14.3. The molecule has 182 valence electrons. The summed E-state index contributed by atoms with van der Waals surface area (Å²) >= 11 is 0. The molecule has 0 saturated carbocycles. The molecule has 3 atom stereocenters. The summed E-state index contributed by atoms with van der Waals surface area (Å²) in [5, 5.41) is 3.11. The number of ether oxygens (including phenoxy) is 1. The molecule has 1 fully saturated rings. The van der Waals surface area contributed by atoms with Gasteiger partial charge in [0.2, 0.25) is 0 Å². The molecule has 4 nitrogen and oxygen atoms in total. The molecule has 0 aromatic heterocycles. The summed E-state index contributed by atoms with van der Waals surface area (Å²) in [6, 6.07) is 1.19. The number of alkyl halides is 6. The van der Waals surface area contributed by atoms with Gasteiger partial charge in [0.05, 0.1) is 17.2 Å². The first kappa shape index (κ1) is 26.3. The number of likely N-dealkylation sites (tertiary alicyclic amines) is 1. The van der Waals surface area contributed by atoms with Crippen molar-refractivity contribution in [2.75, 3.05) is 0 Å². The van der Waals surface area contributed by atoms with Crippen LogP contribution >= 0.6 is 0 Å². The minimum atomic E-state index is -4.88. The van der Waals surface area contributed by atoms with Crippen molar-refractivity contribution in [1.29, 1.82) is 0 Å². The SMILES string of the molecule is CC[C@@H]1C[C@H](NCc2cc(C(F)(F)F)cc(C(F)(F)F)c2)C[C@H](CC)N1C(=O)OC(C)C. The van der Waals surface area contributed by atoms with Gasteiger partial charge in [0, 0.05) is 24.7 Å². The number of hydrogen-bond acceptors (Lipinski definition) is 3. The maximum atomic E-state index is 13.1. The van der Waals surface area contributed by atoms with Gasteiger partial charge < -0.3 is 15.0 Å². The number of amides is 1. The molecule has 1 N–H and O–H groups in total. The van der Waals surface area contributed by atoms with Crippen LogP contribution in [0.3, 0.4) is 0 Å². The fraction of sp³-hybridized carbons (Fsp3) is 0.682. The molecule has 1 aliphatic heterocycles. The highest BCUT2D eigenvalue weighted by Gasteiger charge is 2.39. The molecule has 0 radical (unpaired) electrons. The molecule has 0 bridgehead atoms. The Labute approximate surface area is 184 Å². The van der Waals surface area contributed by atoms with Crippen molar-refractivity contribution in [2.24, 2.45) is 0 Å². The molecule has 1 saturated heterocycles. The van der Waals surface area contributed by atoms with E-state index in [1.165, 1.54) is 0 Å². The molecule has 32 heavy (non-hydrogen) atoms. The Morgan fingerprint density at radius 3 is 1.84 bits per heavy atom. The van der Waals surface area contributed by atoms with Gasteiger partial charge >= 0.3 is 18.4 Å². The lowest BCUT2D eigenvalue weighted by Crippen LogP contribution is -2.56. The van der Waals surface area contributed by atoms with Crippen LogP contribution in [0.5, 0.6) is 0 Å². The first-order valence-electron chi connectivity index (χ1n) is 10.8. The highest BCUT2D eigenvalue weighted by atomic mass is 19.4. The predicted molar refractivity (Wildman–Crippen MR) is 108 cm³/mol. The van der Waals surface area contributed by atoms with Crippen LogP contribution in [0.25, 0.3) is 0 Å². The van der Waals surface area contributed by atoms with Gasteiger partial charge in [-0.2, -0.15) is 26.3 Å². The maximum absolute atomic E-state index is 13.1. The van der Waals surface area contributed by atoms with Crippen molar-refractivity contribution in [2.45, 2.75) is 96.5 Å². The number of carbonyl (C=O) groups excluding carboxylic acids is 1. The molecule has 1 aromatic carbocycles. The van der Waals surface area contributed by atoms with Crippen molar-refractivity contribution >= 4 is 6.09 Å². The third kappa shape index (κ3) is 6.76. The number of carbonyl (C=O) groups is 1. The lowest BCUT2D eigenvalue weighted by atomic mass is 9.88. The van der Waals surface area contributed by atoms with Crippen molar-refractivity contribution in [3.8, 4) is 0 Å². The van der Waals surface area contributed by atoms with Gasteiger partial charge in [0.25, 0.3) is 0 Å². The van der Waals surface area contributed by atoms with E-state index < -0.39 is 29.6 Å². The normalized spacial score (nSPS) is 22.3. The molecule has 0 unspecified atom stereocenters. The number of hydrogen-bond donors (Lipinski definition) is 1. The number of nitrogens with zero attached hydrogens (tertiary/aromatic N) is 1. The Morgan fingerprint density at radius 2 is 1.47 bits per heavy atom. The Hall–Kier alpha value is -1.97. The van der Waals surface area contributed by atoms with Gasteiger partial charge in [-0.1, -0.05) is 13.8 Å². The fourth-order valence-electron chi connectivity index (χ4n) is 4.12. The molecule has 0 aliphatic carbocycles. The quantitative estimate of drug-likeness (QED) is 0.493. The second-order valence-corrected chi connectivity index (χ2v) is 8.43. The van der Waals surface area contributed by atoms with Gasteiger partial charge in [-0.3, -0.25) is 0 Å². The van der Waals surface area contributed by atoms with Gasteiger partial charge in [-0.25, -0.2) is 4.79 Å². The summed E-state index contributed by atoms with van der Waals surface area (Å²) in [7, 11) is 0. The molecular formula is C22H30F6N2O2. The zero-order chi connectivity index (χ0) is 24.3. The smallest absolute Gasteiger partial charge is 0.416 e. The van der Waals surface area contributed by atoms with Crippen LogP contribution in [0.15, 0.2) is 18.2 Å². The number of piperidine rings is 1. The molecule has 0 spiro atoms. The van der Waals surface area contributed by atoms with Gasteiger partial charge in [0.15, 0.2) is 0 Å². The average Bonchev–Trinajstić information content (AvgIpc) is 2.69. The van der Waals surface area contributed by atoms with Gasteiger partial charge in [-0.15, -0.1) is 0 Å². The highest BCUT2D eigenvalue weighted by molar-refractivity contribution is 5.69. The van der Waals surface area contributed by atoms with Crippen LogP contribution < -0.4 is 5.32 Å². The van der Waals surface area contributed by atoms with Crippen molar-refractivity contribution < 1.29 is 35.9 Å². The monoisotopic (exact) mass is 468 g/mol. The van der Waals surface area contributed by atoms with E-state index in [0.29, 0.717) is 25.7 Å². The van der Waals surface area contributed by atoms with Crippen LogP contribution in [0.4, 0.5) is 31.1 Å². The topological polar surface area (TPSA) is 41.6 Å². The third-order valence-electron chi connectivity index (χ3n) is 5.63. The molecule has 2 rings (SSSR count).